The molecule has 0 radical (unpaired) electrons. The molecule has 0 aliphatic heterocycles. The van der Waals surface area contributed by atoms with Crippen LogP contribution in [-0.2, 0) is 4.79 Å². The quantitative estimate of drug-likeness (QED) is 0.614. The maximum Gasteiger partial charge on any atom is 0.280 e. The molecular weight excluding hydrogens is 228 g/mol. The van der Waals surface area contributed by atoms with E-state index in [0.29, 0.717) is 10.7 Å². The van der Waals surface area contributed by atoms with Crippen LogP contribution in [0.25, 0.3) is 0 Å². The first-order valence-electron chi connectivity index (χ1n) is 4.34. The fourth-order valence-corrected chi connectivity index (χ4v) is 1.24. The molecule has 0 unspecified atom stereocenters. The average Bonchev–Trinajstić information content (AvgIpc) is 2.21. The lowest BCUT2D eigenvalue weighted by molar-refractivity contribution is -0.111. The Morgan fingerprint density at radius 2 is 2.31 bits per heavy atom. The predicted molar refractivity (Wildman–Crippen MR) is 62.1 cm³/mol. The van der Waals surface area contributed by atoms with Crippen molar-refractivity contribution in [1.29, 1.82) is 5.26 Å². The van der Waals surface area contributed by atoms with Crippen molar-refractivity contribution in [3.8, 4) is 6.07 Å². The van der Waals surface area contributed by atoms with E-state index in [2.05, 4.69) is 10.5 Å². The molecule has 0 saturated heterocycles. The molecule has 1 rings (SSSR count). The smallest absolute Gasteiger partial charge is 0.280 e. The molecule has 1 aromatic rings. The lowest BCUT2D eigenvalue weighted by atomic mass is 10.2. The first kappa shape index (κ1) is 12.0. The summed E-state index contributed by atoms with van der Waals surface area (Å²) in [5, 5.41) is 12.5. The largest absolute Gasteiger partial charge is 0.364 e. The average molecular weight is 237 g/mol. The number of hydrogen-bond acceptors (Lipinski definition) is 4. The van der Waals surface area contributed by atoms with Gasteiger partial charge in [-0.25, -0.2) is 0 Å². The van der Waals surface area contributed by atoms with Gasteiger partial charge in [-0.05, 0) is 24.6 Å². The molecule has 6 heteroatoms. The predicted octanol–water partition coefficient (Wildman–Crippen LogP) is 1.43. The Labute approximate surface area is 97.5 Å². The van der Waals surface area contributed by atoms with E-state index < -0.39 is 11.6 Å². The van der Waals surface area contributed by atoms with Crippen molar-refractivity contribution in [2.75, 3.05) is 5.43 Å². The topological polar surface area (TPSA) is 91.3 Å². The number of primary amides is 1. The molecular formula is C10H9ClN4O. The minimum absolute atomic E-state index is 0.406. The zero-order valence-corrected chi connectivity index (χ0v) is 9.25. The molecule has 1 aromatic carbocycles. The number of nitriles is 1. The number of aryl methyl sites for hydroxylation is 1. The van der Waals surface area contributed by atoms with Crippen molar-refractivity contribution in [2.45, 2.75) is 6.92 Å². The third-order valence-electron chi connectivity index (χ3n) is 1.75. The van der Waals surface area contributed by atoms with Crippen molar-refractivity contribution in [3.05, 3.63) is 28.8 Å². The molecule has 0 aliphatic rings. The van der Waals surface area contributed by atoms with E-state index in [1.165, 1.54) is 0 Å². The molecule has 0 aromatic heterocycles. The van der Waals surface area contributed by atoms with Crippen LogP contribution < -0.4 is 11.2 Å². The lowest BCUT2D eigenvalue weighted by Gasteiger charge is -2.03. The zero-order chi connectivity index (χ0) is 12.1. The number of halogens is 1. The van der Waals surface area contributed by atoms with Crippen LogP contribution in [-0.4, -0.2) is 11.6 Å². The Bertz CT molecular complexity index is 490. The van der Waals surface area contributed by atoms with Crippen molar-refractivity contribution in [2.24, 2.45) is 10.8 Å². The summed E-state index contributed by atoms with van der Waals surface area (Å²) in [6, 6.07) is 6.82. The van der Waals surface area contributed by atoms with Crippen molar-refractivity contribution in [1.82, 2.24) is 0 Å². The summed E-state index contributed by atoms with van der Waals surface area (Å²) >= 11 is 5.90. The summed E-state index contributed by atoms with van der Waals surface area (Å²) in [5.41, 5.74) is 8.50. The number of benzene rings is 1. The summed E-state index contributed by atoms with van der Waals surface area (Å²) in [6.07, 6.45) is 0. The minimum atomic E-state index is -0.891. The highest BCUT2D eigenvalue weighted by molar-refractivity contribution is 6.44. The zero-order valence-electron chi connectivity index (χ0n) is 8.49. The van der Waals surface area contributed by atoms with E-state index in [9.17, 15) is 4.79 Å². The van der Waals surface area contributed by atoms with Crippen molar-refractivity contribution >= 4 is 28.9 Å². The van der Waals surface area contributed by atoms with Crippen LogP contribution in [0.1, 0.15) is 5.56 Å². The molecule has 0 fully saturated rings. The van der Waals surface area contributed by atoms with Gasteiger partial charge in [0.25, 0.3) is 5.91 Å². The first-order valence-corrected chi connectivity index (χ1v) is 4.72. The number of nitrogens with one attached hydrogen (secondary N) is 1. The lowest BCUT2D eigenvalue weighted by Crippen LogP contribution is -2.22. The van der Waals surface area contributed by atoms with E-state index >= 15 is 0 Å². The Balaban J connectivity index is 2.90. The monoisotopic (exact) mass is 236 g/mol. The number of anilines is 1. The van der Waals surface area contributed by atoms with Gasteiger partial charge in [-0.2, -0.15) is 10.4 Å². The molecule has 0 spiro atoms. The Morgan fingerprint density at radius 3 is 2.81 bits per heavy atom. The number of carbonyl (C=O) groups excluding carboxylic acids is 1. The number of hydrazone groups is 1. The van der Waals surface area contributed by atoms with Gasteiger partial charge in [-0.3, -0.25) is 10.2 Å². The van der Waals surface area contributed by atoms with E-state index in [4.69, 9.17) is 22.6 Å². The van der Waals surface area contributed by atoms with Gasteiger partial charge in [0.2, 0.25) is 5.71 Å². The van der Waals surface area contributed by atoms with Crippen molar-refractivity contribution < 1.29 is 4.79 Å². The van der Waals surface area contributed by atoms with Crippen LogP contribution in [0.4, 0.5) is 5.69 Å². The summed E-state index contributed by atoms with van der Waals surface area (Å²) in [4.78, 5) is 10.7. The minimum Gasteiger partial charge on any atom is -0.364 e. The van der Waals surface area contributed by atoms with Crippen LogP contribution >= 0.6 is 11.6 Å². The van der Waals surface area contributed by atoms with Crippen LogP contribution in [0.15, 0.2) is 23.3 Å². The van der Waals surface area contributed by atoms with Gasteiger partial charge in [-0.1, -0.05) is 17.7 Å². The summed E-state index contributed by atoms with van der Waals surface area (Å²) < 4.78 is 0. The van der Waals surface area contributed by atoms with Crippen LogP contribution in [0.5, 0.6) is 0 Å². The Hall–Kier alpha value is -2.06. The highest BCUT2D eigenvalue weighted by Crippen LogP contribution is 2.22. The molecule has 16 heavy (non-hydrogen) atoms. The van der Waals surface area contributed by atoms with Gasteiger partial charge in [-0.15, -0.1) is 0 Å². The number of rotatable bonds is 3. The van der Waals surface area contributed by atoms with Gasteiger partial charge in [0, 0.05) is 0 Å². The standard InChI is InChI=1S/C10H9ClN4O/c1-6-2-3-8(7(11)4-6)14-15-9(5-12)10(13)16/h2-4,14H,1H3,(H2,13,16)/b15-9-. The summed E-state index contributed by atoms with van der Waals surface area (Å²) in [5.74, 6) is -0.891. The van der Waals surface area contributed by atoms with Gasteiger partial charge in [0.15, 0.2) is 0 Å². The maximum absolute atomic E-state index is 10.7. The number of nitrogens with zero attached hydrogens (tertiary/aromatic N) is 2. The first-order chi connectivity index (χ1) is 7.54. The van der Waals surface area contributed by atoms with Gasteiger partial charge in [0.1, 0.15) is 6.07 Å². The van der Waals surface area contributed by atoms with Gasteiger partial charge < -0.3 is 5.73 Å². The second-order valence-electron chi connectivity index (χ2n) is 3.03. The Morgan fingerprint density at radius 1 is 1.62 bits per heavy atom. The molecule has 0 aliphatic carbocycles. The third kappa shape index (κ3) is 2.97. The fraction of sp³-hybridized carbons (Fsp3) is 0.100. The number of amides is 1. The normalized spacial score (nSPS) is 10.7. The van der Waals surface area contributed by atoms with Crippen molar-refractivity contribution in [3.63, 3.8) is 0 Å². The molecule has 82 valence electrons. The third-order valence-corrected chi connectivity index (χ3v) is 2.06. The molecule has 0 saturated carbocycles. The van der Waals surface area contributed by atoms with E-state index in [-0.39, 0.29) is 0 Å². The van der Waals surface area contributed by atoms with E-state index in [1.54, 1.807) is 18.2 Å². The molecule has 3 N–H and O–H groups in total. The Kier molecular flexibility index (Phi) is 3.86. The highest BCUT2D eigenvalue weighted by atomic mass is 35.5. The molecule has 0 heterocycles. The summed E-state index contributed by atoms with van der Waals surface area (Å²) in [7, 11) is 0. The maximum atomic E-state index is 10.7. The molecule has 5 nitrogen and oxygen atoms in total. The van der Waals surface area contributed by atoms with Gasteiger partial charge in [0.05, 0.1) is 10.7 Å². The van der Waals surface area contributed by atoms with Crippen LogP contribution in [0.3, 0.4) is 0 Å². The number of hydrogen-bond donors (Lipinski definition) is 2. The van der Waals surface area contributed by atoms with Crippen LogP contribution in [0.2, 0.25) is 5.02 Å². The SMILES string of the molecule is Cc1ccc(N/N=C(/C#N)C(N)=O)c(Cl)c1. The number of carbonyl (C=O) groups is 1. The second kappa shape index (κ2) is 5.14. The van der Waals surface area contributed by atoms with E-state index in [0.717, 1.165) is 5.56 Å². The second-order valence-corrected chi connectivity index (χ2v) is 3.44. The molecule has 0 atom stereocenters. The molecule has 1 amide bonds. The van der Waals surface area contributed by atoms with Crippen LogP contribution in [0, 0.1) is 18.3 Å². The number of nitrogens with two attached hydrogens (primary N) is 1. The summed E-state index contributed by atoms with van der Waals surface area (Å²) in [6.45, 7) is 1.89. The molecule has 0 bridgehead atoms. The highest BCUT2D eigenvalue weighted by Gasteiger charge is 2.05. The fourth-order valence-electron chi connectivity index (χ4n) is 0.962. The van der Waals surface area contributed by atoms with E-state index in [1.807, 2.05) is 13.0 Å². The van der Waals surface area contributed by atoms with Gasteiger partial charge >= 0.3 is 0 Å².